The number of hydrogen-bond donors (Lipinski definition) is 0. The van der Waals surface area contributed by atoms with Crippen LogP contribution in [0.3, 0.4) is 0 Å². The Balaban J connectivity index is 2.75. The summed E-state index contributed by atoms with van der Waals surface area (Å²) in [5.41, 5.74) is 1.27. The summed E-state index contributed by atoms with van der Waals surface area (Å²) in [7, 11) is 0.819. The van der Waals surface area contributed by atoms with E-state index in [1.807, 2.05) is 0 Å². The van der Waals surface area contributed by atoms with E-state index in [9.17, 15) is 0 Å². The first kappa shape index (κ1) is 8.23. The van der Waals surface area contributed by atoms with Crippen LogP contribution in [0.5, 0.6) is 0 Å². The van der Waals surface area contributed by atoms with Gasteiger partial charge in [-0.25, -0.2) is 0 Å². The summed E-state index contributed by atoms with van der Waals surface area (Å²) < 4.78 is 6.39. The maximum atomic E-state index is 5.12. The number of benzene rings is 1. The van der Waals surface area contributed by atoms with E-state index in [1.165, 1.54) is 9.13 Å². The van der Waals surface area contributed by atoms with Gasteiger partial charge in [0.1, 0.15) is 10.5 Å². The molecule has 54 valence electrons. The molecule has 0 amide bonds. The van der Waals surface area contributed by atoms with Crippen molar-refractivity contribution in [1.82, 2.24) is 0 Å². The maximum Gasteiger partial charge on any atom is 0.146 e. The Hall–Kier alpha value is 0.127. The SMILES string of the molecule is [SiH3]OCc1cccc(I)c1. The fourth-order valence-corrected chi connectivity index (χ4v) is 1.73. The average molecular weight is 264 g/mol. The molecule has 1 rings (SSSR count). The molecule has 10 heavy (non-hydrogen) atoms. The molecule has 0 bridgehead atoms. The summed E-state index contributed by atoms with van der Waals surface area (Å²) in [5, 5.41) is 0. The molecular weight excluding hydrogens is 255 g/mol. The second kappa shape index (κ2) is 4.10. The van der Waals surface area contributed by atoms with E-state index in [-0.39, 0.29) is 0 Å². The highest BCUT2D eigenvalue weighted by molar-refractivity contribution is 14.1. The van der Waals surface area contributed by atoms with Crippen LogP contribution in [-0.2, 0) is 11.0 Å². The summed E-state index contributed by atoms with van der Waals surface area (Å²) >= 11 is 2.30. The van der Waals surface area contributed by atoms with Crippen molar-refractivity contribution < 1.29 is 4.43 Å². The summed E-state index contributed by atoms with van der Waals surface area (Å²) in [6.07, 6.45) is 0. The Labute approximate surface area is 77.5 Å². The highest BCUT2D eigenvalue weighted by atomic mass is 127. The molecule has 3 heteroatoms. The molecule has 0 N–H and O–H groups in total. The van der Waals surface area contributed by atoms with Gasteiger partial charge in [0, 0.05) is 3.57 Å². The van der Waals surface area contributed by atoms with Crippen molar-refractivity contribution >= 4 is 33.1 Å². The third-order valence-corrected chi connectivity index (χ3v) is 2.16. The Kier molecular flexibility index (Phi) is 3.37. The van der Waals surface area contributed by atoms with E-state index >= 15 is 0 Å². The monoisotopic (exact) mass is 264 g/mol. The largest absolute Gasteiger partial charge is 0.424 e. The van der Waals surface area contributed by atoms with Gasteiger partial charge in [-0.3, -0.25) is 0 Å². The van der Waals surface area contributed by atoms with Gasteiger partial charge in [0.25, 0.3) is 0 Å². The lowest BCUT2D eigenvalue weighted by Gasteiger charge is -1.98. The van der Waals surface area contributed by atoms with Crippen LogP contribution in [0.2, 0.25) is 0 Å². The summed E-state index contributed by atoms with van der Waals surface area (Å²) in [5.74, 6) is 0. The molecule has 0 heterocycles. The zero-order chi connectivity index (χ0) is 7.40. The van der Waals surface area contributed by atoms with Gasteiger partial charge in [0.2, 0.25) is 0 Å². The normalized spacial score (nSPS) is 10.1. The lowest BCUT2D eigenvalue weighted by molar-refractivity contribution is 0.338. The van der Waals surface area contributed by atoms with Gasteiger partial charge in [-0.2, -0.15) is 0 Å². The van der Waals surface area contributed by atoms with Crippen LogP contribution in [0, 0.1) is 3.57 Å². The second-order valence-corrected chi connectivity index (χ2v) is 3.89. The van der Waals surface area contributed by atoms with Crippen molar-refractivity contribution in [2.24, 2.45) is 0 Å². The number of rotatable bonds is 2. The van der Waals surface area contributed by atoms with Crippen molar-refractivity contribution in [2.45, 2.75) is 6.61 Å². The van der Waals surface area contributed by atoms with Gasteiger partial charge in [0.05, 0.1) is 6.61 Å². The Morgan fingerprint density at radius 2 is 2.30 bits per heavy atom. The number of halogens is 1. The van der Waals surface area contributed by atoms with Gasteiger partial charge in [-0.1, -0.05) is 12.1 Å². The minimum Gasteiger partial charge on any atom is -0.424 e. The predicted molar refractivity (Wildman–Crippen MR) is 53.9 cm³/mol. The standard InChI is InChI=1S/C7H9IOSi/c8-7-3-1-2-6(4-7)5-9-10/h1-4H,5H2,10H3. The van der Waals surface area contributed by atoms with E-state index in [0.29, 0.717) is 0 Å². The lowest BCUT2D eigenvalue weighted by Crippen LogP contribution is -1.87. The van der Waals surface area contributed by atoms with E-state index in [0.717, 1.165) is 17.1 Å². The fraction of sp³-hybridized carbons (Fsp3) is 0.143. The van der Waals surface area contributed by atoms with Crippen LogP contribution in [0.1, 0.15) is 5.56 Å². The third-order valence-electron chi connectivity index (χ3n) is 1.20. The molecule has 0 saturated heterocycles. The van der Waals surface area contributed by atoms with Crippen LogP contribution in [-0.4, -0.2) is 10.5 Å². The predicted octanol–water partition coefficient (Wildman–Crippen LogP) is 1.09. The first-order chi connectivity index (χ1) is 4.83. The van der Waals surface area contributed by atoms with Crippen molar-refractivity contribution in [1.29, 1.82) is 0 Å². The quantitative estimate of drug-likeness (QED) is 0.574. The molecule has 0 aliphatic heterocycles. The summed E-state index contributed by atoms with van der Waals surface area (Å²) in [4.78, 5) is 0. The Bertz CT molecular complexity index is 215. The maximum absolute atomic E-state index is 5.12. The van der Waals surface area contributed by atoms with Crippen molar-refractivity contribution in [3.05, 3.63) is 33.4 Å². The van der Waals surface area contributed by atoms with E-state index in [4.69, 9.17) is 4.43 Å². The van der Waals surface area contributed by atoms with E-state index in [1.54, 1.807) is 0 Å². The Morgan fingerprint density at radius 1 is 1.50 bits per heavy atom. The topological polar surface area (TPSA) is 9.23 Å². The molecule has 1 aromatic rings. The molecule has 0 unspecified atom stereocenters. The zero-order valence-corrected chi connectivity index (χ0v) is 9.96. The van der Waals surface area contributed by atoms with Gasteiger partial charge < -0.3 is 4.43 Å². The van der Waals surface area contributed by atoms with Crippen molar-refractivity contribution in [3.8, 4) is 0 Å². The smallest absolute Gasteiger partial charge is 0.146 e. The molecule has 1 aromatic carbocycles. The van der Waals surface area contributed by atoms with Crippen LogP contribution < -0.4 is 0 Å². The molecule has 0 atom stereocenters. The zero-order valence-electron chi connectivity index (χ0n) is 5.80. The molecule has 0 fully saturated rings. The van der Waals surface area contributed by atoms with E-state index in [2.05, 4.69) is 46.9 Å². The molecule has 0 aliphatic carbocycles. The van der Waals surface area contributed by atoms with Crippen LogP contribution in [0.25, 0.3) is 0 Å². The van der Waals surface area contributed by atoms with Gasteiger partial charge in [-0.15, -0.1) is 0 Å². The minimum absolute atomic E-state index is 0.767. The average Bonchev–Trinajstić information content (AvgIpc) is 1.88. The van der Waals surface area contributed by atoms with Crippen molar-refractivity contribution in [3.63, 3.8) is 0 Å². The van der Waals surface area contributed by atoms with Crippen LogP contribution in [0.4, 0.5) is 0 Å². The molecule has 0 spiro atoms. The fourth-order valence-electron chi connectivity index (χ4n) is 0.793. The highest BCUT2D eigenvalue weighted by Crippen LogP contribution is 2.07. The van der Waals surface area contributed by atoms with E-state index < -0.39 is 0 Å². The lowest BCUT2D eigenvalue weighted by atomic mass is 10.2. The van der Waals surface area contributed by atoms with Gasteiger partial charge in [-0.05, 0) is 40.3 Å². The molecule has 0 saturated carbocycles. The first-order valence-corrected chi connectivity index (χ1v) is 4.96. The first-order valence-electron chi connectivity index (χ1n) is 3.06. The molecule has 0 radical (unpaired) electrons. The summed E-state index contributed by atoms with van der Waals surface area (Å²) in [6.45, 7) is 0.767. The summed E-state index contributed by atoms with van der Waals surface area (Å²) in [6, 6.07) is 8.35. The molecule has 1 nitrogen and oxygen atoms in total. The highest BCUT2D eigenvalue weighted by Gasteiger charge is 1.89. The second-order valence-electron chi connectivity index (χ2n) is 2.06. The van der Waals surface area contributed by atoms with Gasteiger partial charge in [0.15, 0.2) is 0 Å². The van der Waals surface area contributed by atoms with Crippen molar-refractivity contribution in [2.75, 3.05) is 0 Å². The molecule has 0 aliphatic rings. The molecular formula is C7H9IOSi. The Morgan fingerprint density at radius 3 is 2.90 bits per heavy atom. The third kappa shape index (κ3) is 2.40. The number of hydrogen-bond acceptors (Lipinski definition) is 1. The van der Waals surface area contributed by atoms with Gasteiger partial charge >= 0.3 is 0 Å². The van der Waals surface area contributed by atoms with Crippen LogP contribution >= 0.6 is 22.6 Å². The minimum atomic E-state index is 0.767. The van der Waals surface area contributed by atoms with Crippen LogP contribution in [0.15, 0.2) is 24.3 Å². The molecule has 0 aromatic heterocycles.